The molecule has 4 aliphatic carbocycles. The summed E-state index contributed by atoms with van der Waals surface area (Å²) in [5, 5.41) is 2.56. The Morgan fingerprint density at radius 3 is 1.29 bits per heavy atom. The van der Waals surface area contributed by atoms with Crippen molar-refractivity contribution in [1.82, 2.24) is 0 Å². The summed E-state index contributed by atoms with van der Waals surface area (Å²) in [7, 11) is 0. The topological polar surface area (TPSA) is 3.24 Å². The molecule has 14 rings (SSSR count). The molecule has 4 aliphatic rings. The summed E-state index contributed by atoms with van der Waals surface area (Å²) in [6, 6.07) is 80.6. The molecule has 0 unspecified atom stereocenters. The number of hydrogen-bond donors (Lipinski definition) is 0. The molecular formula is C65H47N. The van der Waals surface area contributed by atoms with Gasteiger partial charge in [0.1, 0.15) is 0 Å². The molecule has 0 bridgehead atoms. The maximum atomic E-state index is 2.53. The molecule has 0 atom stereocenters. The molecule has 0 fully saturated rings. The largest absolute Gasteiger partial charge is 0.310 e. The van der Waals surface area contributed by atoms with Crippen LogP contribution in [0.1, 0.15) is 72.2 Å². The molecule has 0 heterocycles. The summed E-state index contributed by atoms with van der Waals surface area (Å²) in [4.78, 5) is 2.53. The van der Waals surface area contributed by atoms with Gasteiger partial charge < -0.3 is 4.90 Å². The van der Waals surface area contributed by atoms with Crippen LogP contribution < -0.4 is 4.90 Å². The van der Waals surface area contributed by atoms with Crippen molar-refractivity contribution in [1.29, 1.82) is 0 Å². The average Bonchev–Trinajstić information content (AvgIpc) is 3.98. The Labute approximate surface area is 387 Å². The Balaban J connectivity index is 0.964. The van der Waals surface area contributed by atoms with E-state index in [-0.39, 0.29) is 16.2 Å². The van der Waals surface area contributed by atoms with E-state index in [0.717, 1.165) is 11.4 Å². The van der Waals surface area contributed by atoms with Gasteiger partial charge in [0.25, 0.3) is 0 Å². The molecule has 10 aromatic rings. The van der Waals surface area contributed by atoms with Gasteiger partial charge in [0, 0.05) is 27.9 Å². The number of hydrogen-bond acceptors (Lipinski definition) is 1. The molecule has 0 amide bonds. The van der Waals surface area contributed by atoms with Crippen molar-refractivity contribution < 1.29 is 0 Å². The van der Waals surface area contributed by atoms with Crippen molar-refractivity contribution in [3.63, 3.8) is 0 Å². The van der Waals surface area contributed by atoms with Crippen molar-refractivity contribution >= 4 is 27.8 Å². The maximum absolute atomic E-state index is 2.53. The van der Waals surface area contributed by atoms with Crippen LogP contribution in [0.2, 0.25) is 0 Å². The lowest BCUT2D eigenvalue weighted by Gasteiger charge is -2.32. The van der Waals surface area contributed by atoms with E-state index in [9.17, 15) is 0 Å². The molecular weight excluding hydrogens is 795 g/mol. The quantitative estimate of drug-likeness (QED) is 0.171. The van der Waals surface area contributed by atoms with Gasteiger partial charge in [0.15, 0.2) is 0 Å². The lowest BCUT2D eigenvalue weighted by Crippen LogP contribution is -2.25. The first-order valence-corrected chi connectivity index (χ1v) is 23.5. The molecule has 0 aromatic heterocycles. The highest BCUT2D eigenvalue weighted by Crippen LogP contribution is 2.63. The lowest BCUT2D eigenvalue weighted by atomic mass is 9.70. The van der Waals surface area contributed by atoms with Gasteiger partial charge >= 0.3 is 0 Å². The molecule has 0 N–H and O–H groups in total. The van der Waals surface area contributed by atoms with Gasteiger partial charge in [0.05, 0.1) is 5.41 Å². The zero-order chi connectivity index (χ0) is 44.1. The van der Waals surface area contributed by atoms with Crippen LogP contribution in [0.4, 0.5) is 17.1 Å². The Hall–Kier alpha value is -7.74. The van der Waals surface area contributed by atoms with Gasteiger partial charge in [-0.25, -0.2) is 0 Å². The highest BCUT2D eigenvalue weighted by Gasteiger charge is 2.51. The minimum Gasteiger partial charge on any atom is -0.310 e. The molecule has 312 valence electrons. The predicted molar refractivity (Wildman–Crippen MR) is 275 cm³/mol. The standard InChI is InChI=1S/C65H47N/c1-63(2)55-24-11-7-19-47(55)52-33-29-43(38-61(52)63)66(44-30-34-53-51-32-28-41(36-60(51)64(3,4)62(53)39-44)46-23-15-17-40-16-5-6-18-45(40)46)42-31-35-59-54(37-42)50-22-10-14-27-58(50)65(59)56-25-12-8-20-48(56)49-21-9-13-26-57(49)65/h5-39H,1-4H3. The van der Waals surface area contributed by atoms with E-state index >= 15 is 0 Å². The summed E-state index contributed by atoms with van der Waals surface area (Å²) < 4.78 is 0. The van der Waals surface area contributed by atoms with Crippen molar-refractivity contribution in [2.24, 2.45) is 0 Å². The van der Waals surface area contributed by atoms with Gasteiger partial charge in [-0.2, -0.15) is 0 Å². The van der Waals surface area contributed by atoms with Crippen LogP contribution in [0.15, 0.2) is 212 Å². The summed E-state index contributed by atoms with van der Waals surface area (Å²) >= 11 is 0. The van der Waals surface area contributed by atoms with Crippen molar-refractivity contribution in [2.75, 3.05) is 4.90 Å². The fourth-order valence-corrected chi connectivity index (χ4v) is 13.0. The fraction of sp³-hybridized carbons (Fsp3) is 0.108. The van der Waals surface area contributed by atoms with E-state index in [4.69, 9.17) is 0 Å². The smallest absolute Gasteiger partial charge is 0.0725 e. The molecule has 0 radical (unpaired) electrons. The third-order valence-corrected chi connectivity index (χ3v) is 16.1. The zero-order valence-corrected chi connectivity index (χ0v) is 37.7. The Kier molecular flexibility index (Phi) is 7.51. The minimum absolute atomic E-state index is 0.135. The molecule has 1 heteroatoms. The van der Waals surface area contributed by atoms with Crippen LogP contribution in [-0.4, -0.2) is 0 Å². The molecule has 1 nitrogen and oxygen atoms in total. The van der Waals surface area contributed by atoms with Crippen LogP contribution in [0.25, 0.3) is 66.4 Å². The second-order valence-electron chi connectivity index (χ2n) is 20.0. The molecule has 0 aliphatic heterocycles. The van der Waals surface area contributed by atoms with Gasteiger partial charge in [-0.15, -0.1) is 0 Å². The van der Waals surface area contributed by atoms with E-state index < -0.39 is 0 Å². The normalized spacial score (nSPS) is 15.3. The van der Waals surface area contributed by atoms with Crippen LogP contribution in [0.3, 0.4) is 0 Å². The predicted octanol–water partition coefficient (Wildman–Crippen LogP) is 16.9. The van der Waals surface area contributed by atoms with Gasteiger partial charge in [-0.05, 0) is 153 Å². The first kappa shape index (κ1) is 37.6. The highest BCUT2D eigenvalue weighted by atomic mass is 15.1. The molecule has 10 aromatic carbocycles. The summed E-state index contributed by atoms with van der Waals surface area (Å²) in [5.74, 6) is 0. The van der Waals surface area contributed by atoms with E-state index in [1.807, 2.05) is 0 Å². The first-order valence-electron chi connectivity index (χ1n) is 23.5. The lowest BCUT2D eigenvalue weighted by molar-refractivity contribution is 0.660. The van der Waals surface area contributed by atoms with E-state index in [2.05, 4.69) is 245 Å². The third kappa shape index (κ3) is 4.80. The number of rotatable bonds is 4. The highest BCUT2D eigenvalue weighted by molar-refractivity contribution is 5.99. The minimum atomic E-state index is -0.389. The number of anilines is 3. The summed E-state index contributed by atoms with van der Waals surface area (Å²) in [6.45, 7) is 9.60. The molecule has 66 heavy (non-hydrogen) atoms. The Bertz CT molecular complexity index is 3680. The van der Waals surface area contributed by atoms with Crippen molar-refractivity contribution in [2.45, 2.75) is 43.9 Å². The van der Waals surface area contributed by atoms with Gasteiger partial charge in [-0.3, -0.25) is 0 Å². The monoisotopic (exact) mass is 841 g/mol. The van der Waals surface area contributed by atoms with Crippen molar-refractivity contribution in [3.8, 4) is 55.6 Å². The fourth-order valence-electron chi connectivity index (χ4n) is 13.0. The second kappa shape index (κ2) is 13.2. The number of fused-ring (bicyclic) bond motifs is 17. The number of benzene rings is 10. The zero-order valence-electron chi connectivity index (χ0n) is 37.7. The molecule has 0 saturated carbocycles. The number of nitrogens with zero attached hydrogens (tertiary/aromatic N) is 1. The Morgan fingerprint density at radius 2 is 0.667 bits per heavy atom. The van der Waals surface area contributed by atoms with Crippen LogP contribution in [0.5, 0.6) is 0 Å². The maximum Gasteiger partial charge on any atom is 0.0725 e. The summed E-state index contributed by atoms with van der Waals surface area (Å²) in [6.07, 6.45) is 0. The second-order valence-corrected chi connectivity index (χ2v) is 20.0. The van der Waals surface area contributed by atoms with Gasteiger partial charge in [0.2, 0.25) is 0 Å². The van der Waals surface area contributed by atoms with E-state index in [0.29, 0.717) is 0 Å². The SMILES string of the molecule is CC1(C)c2ccccc2-c2ccc(N(c3ccc4c(c3)-c3ccccc3C43c4ccccc4-c4ccccc43)c3ccc4c(c3)C(C)(C)c3cc(-c5cccc6ccccc56)ccc3-4)cc21. The van der Waals surface area contributed by atoms with Gasteiger partial charge in [-0.1, -0.05) is 198 Å². The van der Waals surface area contributed by atoms with Crippen LogP contribution in [0, 0.1) is 0 Å². The van der Waals surface area contributed by atoms with Crippen molar-refractivity contribution in [3.05, 3.63) is 257 Å². The van der Waals surface area contributed by atoms with Crippen LogP contribution >= 0.6 is 0 Å². The first-order chi connectivity index (χ1) is 32.2. The molecule has 1 spiro atoms. The molecule has 0 saturated heterocycles. The van der Waals surface area contributed by atoms with Crippen LogP contribution in [-0.2, 0) is 16.2 Å². The van der Waals surface area contributed by atoms with E-state index in [1.165, 1.54) is 117 Å². The average molecular weight is 842 g/mol. The Morgan fingerprint density at radius 1 is 0.273 bits per heavy atom. The summed E-state index contributed by atoms with van der Waals surface area (Å²) in [5.41, 5.74) is 26.8. The third-order valence-electron chi connectivity index (χ3n) is 16.1. The van der Waals surface area contributed by atoms with E-state index in [1.54, 1.807) is 0 Å².